The molecule has 3 nitrogen and oxygen atoms in total. The molecule has 0 aliphatic carbocycles. The Labute approximate surface area is 115 Å². The number of halogens is 2. The van der Waals surface area contributed by atoms with Gasteiger partial charge in [-0.1, -0.05) is 15.9 Å². The average Bonchev–Trinajstić information content (AvgIpc) is 2.25. The van der Waals surface area contributed by atoms with Crippen molar-refractivity contribution in [2.24, 2.45) is 0 Å². The molecule has 0 heterocycles. The first-order valence-corrected chi connectivity index (χ1v) is 6.44. The number of benzene rings is 1. The first kappa shape index (κ1) is 15.1. The van der Waals surface area contributed by atoms with E-state index in [1.807, 2.05) is 32.8 Å². The van der Waals surface area contributed by atoms with E-state index in [1.54, 1.807) is 6.07 Å². The predicted octanol–water partition coefficient (Wildman–Crippen LogP) is 2.66. The Hall–Kier alpha value is -0.940. The zero-order chi connectivity index (χ0) is 13.9. The highest BCUT2D eigenvalue weighted by molar-refractivity contribution is 9.10. The monoisotopic (exact) mass is 316 g/mol. The van der Waals surface area contributed by atoms with Gasteiger partial charge in [-0.05, 0) is 46.1 Å². The Kier molecular flexibility index (Phi) is 4.87. The fraction of sp³-hybridized carbons (Fsp3) is 0.462. The van der Waals surface area contributed by atoms with E-state index in [4.69, 9.17) is 0 Å². The SMILES string of the molecule is CN(C)C(C)(C)CNC(=O)c1ccc(Br)cc1F. The van der Waals surface area contributed by atoms with E-state index in [0.717, 1.165) is 0 Å². The average molecular weight is 317 g/mol. The maximum atomic E-state index is 13.6. The molecule has 1 amide bonds. The van der Waals surface area contributed by atoms with Crippen LogP contribution in [-0.2, 0) is 0 Å². The van der Waals surface area contributed by atoms with Crippen LogP contribution >= 0.6 is 15.9 Å². The van der Waals surface area contributed by atoms with Crippen LogP contribution in [0.25, 0.3) is 0 Å². The lowest BCUT2D eigenvalue weighted by Gasteiger charge is -2.32. The third kappa shape index (κ3) is 3.78. The van der Waals surface area contributed by atoms with E-state index in [1.165, 1.54) is 12.1 Å². The van der Waals surface area contributed by atoms with E-state index in [-0.39, 0.29) is 11.1 Å². The topological polar surface area (TPSA) is 32.3 Å². The van der Waals surface area contributed by atoms with E-state index in [0.29, 0.717) is 11.0 Å². The summed E-state index contributed by atoms with van der Waals surface area (Å²) < 4.78 is 14.2. The van der Waals surface area contributed by atoms with Crippen molar-refractivity contribution in [1.29, 1.82) is 0 Å². The Morgan fingerprint density at radius 2 is 2.06 bits per heavy atom. The molecule has 0 fully saturated rings. The molecule has 0 radical (unpaired) electrons. The van der Waals surface area contributed by atoms with Gasteiger partial charge in [0.1, 0.15) is 5.82 Å². The summed E-state index contributed by atoms with van der Waals surface area (Å²) in [5, 5.41) is 2.74. The standard InChI is InChI=1S/C13H18BrFN2O/c1-13(2,17(3)4)8-16-12(18)10-6-5-9(14)7-11(10)15/h5-7H,8H2,1-4H3,(H,16,18). The minimum Gasteiger partial charge on any atom is -0.350 e. The molecular weight excluding hydrogens is 299 g/mol. The molecule has 5 heteroatoms. The van der Waals surface area contributed by atoms with Crippen LogP contribution in [-0.4, -0.2) is 37.0 Å². The van der Waals surface area contributed by atoms with Crippen LogP contribution in [0.4, 0.5) is 4.39 Å². The molecule has 1 rings (SSSR count). The number of hydrogen-bond acceptors (Lipinski definition) is 2. The van der Waals surface area contributed by atoms with Crippen LogP contribution in [0.1, 0.15) is 24.2 Å². The smallest absolute Gasteiger partial charge is 0.254 e. The molecule has 0 aliphatic rings. The number of rotatable bonds is 4. The van der Waals surface area contributed by atoms with Crippen LogP contribution in [0.15, 0.2) is 22.7 Å². The summed E-state index contributed by atoms with van der Waals surface area (Å²) in [6, 6.07) is 4.40. The zero-order valence-electron chi connectivity index (χ0n) is 11.1. The van der Waals surface area contributed by atoms with Gasteiger partial charge >= 0.3 is 0 Å². The lowest BCUT2D eigenvalue weighted by molar-refractivity contribution is 0.0915. The van der Waals surface area contributed by atoms with Crippen molar-refractivity contribution in [1.82, 2.24) is 10.2 Å². The van der Waals surface area contributed by atoms with Crippen molar-refractivity contribution in [3.63, 3.8) is 0 Å². The first-order chi connectivity index (χ1) is 8.24. The summed E-state index contributed by atoms with van der Waals surface area (Å²) in [6.45, 7) is 4.46. The van der Waals surface area contributed by atoms with Crippen LogP contribution < -0.4 is 5.32 Å². The van der Waals surface area contributed by atoms with Crippen molar-refractivity contribution in [2.45, 2.75) is 19.4 Å². The van der Waals surface area contributed by atoms with Gasteiger partial charge in [0.25, 0.3) is 5.91 Å². The lowest BCUT2D eigenvalue weighted by atomic mass is 10.0. The van der Waals surface area contributed by atoms with Gasteiger partial charge in [-0.15, -0.1) is 0 Å². The molecule has 1 N–H and O–H groups in total. The largest absolute Gasteiger partial charge is 0.350 e. The summed E-state index contributed by atoms with van der Waals surface area (Å²) >= 11 is 3.16. The van der Waals surface area contributed by atoms with Crippen molar-refractivity contribution < 1.29 is 9.18 Å². The number of amides is 1. The molecule has 0 saturated carbocycles. The molecule has 0 unspecified atom stereocenters. The molecule has 0 atom stereocenters. The number of nitrogens with zero attached hydrogens (tertiary/aromatic N) is 1. The van der Waals surface area contributed by atoms with Gasteiger partial charge in [-0.2, -0.15) is 0 Å². The summed E-state index contributed by atoms with van der Waals surface area (Å²) in [6.07, 6.45) is 0. The van der Waals surface area contributed by atoms with Crippen molar-refractivity contribution >= 4 is 21.8 Å². The predicted molar refractivity (Wildman–Crippen MR) is 74.2 cm³/mol. The van der Waals surface area contributed by atoms with E-state index < -0.39 is 11.7 Å². The molecule has 1 aromatic rings. The zero-order valence-corrected chi connectivity index (χ0v) is 12.6. The van der Waals surface area contributed by atoms with Gasteiger partial charge in [-0.25, -0.2) is 4.39 Å². The minimum absolute atomic E-state index is 0.0627. The van der Waals surface area contributed by atoms with Crippen molar-refractivity contribution in [3.8, 4) is 0 Å². The highest BCUT2D eigenvalue weighted by Gasteiger charge is 2.22. The molecule has 0 saturated heterocycles. The number of likely N-dealkylation sites (N-methyl/N-ethyl adjacent to an activating group) is 1. The molecular formula is C13H18BrFN2O. The molecule has 0 aliphatic heterocycles. The molecule has 0 spiro atoms. The number of carbonyl (C=O) groups is 1. The van der Waals surface area contributed by atoms with Crippen molar-refractivity contribution in [3.05, 3.63) is 34.1 Å². The number of carbonyl (C=O) groups excluding carboxylic acids is 1. The van der Waals surface area contributed by atoms with Gasteiger partial charge < -0.3 is 10.2 Å². The third-order valence-corrected chi connectivity index (χ3v) is 3.56. The molecule has 18 heavy (non-hydrogen) atoms. The fourth-order valence-electron chi connectivity index (χ4n) is 1.22. The van der Waals surface area contributed by atoms with Crippen molar-refractivity contribution in [2.75, 3.05) is 20.6 Å². The van der Waals surface area contributed by atoms with Crippen LogP contribution in [0, 0.1) is 5.82 Å². The van der Waals surface area contributed by atoms with E-state index in [9.17, 15) is 9.18 Å². The summed E-state index contributed by atoms with van der Waals surface area (Å²) in [5.74, 6) is -0.917. The van der Waals surface area contributed by atoms with Gasteiger partial charge in [0.05, 0.1) is 5.56 Å². The Balaban J connectivity index is 2.72. The Bertz CT molecular complexity index is 447. The summed E-state index contributed by atoms with van der Waals surface area (Å²) in [5.41, 5.74) is -0.116. The Morgan fingerprint density at radius 3 is 2.56 bits per heavy atom. The molecule has 0 bridgehead atoms. The highest BCUT2D eigenvalue weighted by Crippen LogP contribution is 2.15. The number of nitrogens with one attached hydrogen (secondary N) is 1. The van der Waals surface area contributed by atoms with E-state index in [2.05, 4.69) is 21.2 Å². The maximum Gasteiger partial charge on any atom is 0.254 e. The number of hydrogen-bond donors (Lipinski definition) is 1. The second kappa shape index (κ2) is 5.80. The molecule has 0 aromatic heterocycles. The van der Waals surface area contributed by atoms with Crippen LogP contribution in [0.2, 0.25) is 0 Å². The second-order valence-corrected chi connectivity index (χ2v) is 5.93. The highest BCUT2D eigenvalue weighted by atomic mass is 79.9. The minimum atomic E-state index is -0.524. The fourth-order valence-corrected chi connectivity index (χ4v) is 1.56. The summed E-state index contributed by atoms with van der Waals surface area (Å²) in [4.78, 5) is 13.9. The lowest BCUT2D eigenvalue weighted by Crippen LogP contribution is -2.48. The Morgan fingerprint density at radius 1 is 1.44 bits per heavy atom. The normalized spacial score (nSPS) is 11.7. The van der Waals surface area contributed by atoms with Crippen LogP contribution in [0.3, 0.4) is 0 Å². The van der Waals surface area contributed by atoms with Gasteiger partial charge in [0, 0.05) is 16.6 Å². The maximum absolute atomic E-state index is 13.6. The second-order valence-electron chi connectivity index (χ2n) is 5.01. The van der Waals surface area contributed by atoms with Gasteiger partial charge in [-0.3, -0.25) is 4.79 Å². The molecule has 100 valence electrons. The summed E-state index contributed by atoms with van der Waals surface area (Å²) in [7, 11) is 3.87. The quantitative estimate of drug-likeness (QED) is 0.926. The van der Waals surface area contributed by atoms with Gasteiger partial charge in [0.2, 0.25) is 0 Å². The molecule has 1 aromatic carbocycles. The van der Waals surface area contributed by atoms with E-state index >= 15 is 0 Å². The van der Waals surface area contributed by atoms with Gasteiger partial charge in [0.15, 0.2) is 0 Å². The third-order valence-electron chi connectivity index (χ3n) is 3.07. The first-order valence-electron chi connectivity index (χ1n) is 5.65. The van der Waals surface area contributed by atoms with Crippen LogP contribution in [0.5, 0.6) is 0 Å².